The van der Waals surface area contributed by atoms with Crippen molar-refractivity contribution in [1.29, 1.82) is 0 Å². The maximum Gasteiger partial charge on any atom is -1.00 e. The number of rotatable bonds is 2. The van der Waals surface area contributed by atoms with Gasteiger partial charge in [-0.3, -0.25) is 0 Å². The molecule has 28 heavy (non-hydrogen) atoms. The van der Waals surface area contributed by atoms with Crippen LogP contribution in [0.1, 0.15) is 69.2 Å². The maximum atomic E-state index is 2.61. The van der Waals surface area contributed by atoms with Crippen LogP contribution in [0.2, 0.25) is 13.1 Å². The first-order chi connectivity index (χ1) is 11.7. The van der Waals surface area contributed by atoms with Crippen LogP contribution in [-0.2, 0) is 20.1 Å². The second-order valence-corrected chi connectivity index (χ2v) is 34.1. The van der Waals surface area contributed by atoms with Crippen LogP contribution in [0, 0.1) is 22.7 Å². The van der Waals surface area contributed by atoms with Crippen LogP contribution in [-0.4, -0.2) is 5.49 Å². The van der Waals surface area contributed by atoms with Crippen molar-refractivity contribution in [2.45, 2.75) is 82.3 Å². The van der Waals surface area contributed by atoms with Crippen LogP contribution >= 0.6 is 0 Å². The summed E-state index contributed by atoms with van der Waals surface area (Å²) < 4.78 is 3.87. The fourth-order valence-electron chi connectivity index (χ4n) is 5.03. The van der Waals surface area contributed by atoms with Crippen molar-refractivity contribution < 1.29 is 44.9 Å². The molecule has 0 amide bonds. The van der Waals surface area contributed by atoms with Crippen LogP contribution < -0.4 is 24.8 Å². The minimum Gasteiger partial charge on any atom is -1.00 e. The Kier molecular flexibility index (Phi) is 10.1. The van der Waals surface area contributed by atoms with E-state index < -0.39 is 20.1 Å². The second kappa shape index (κ2) is 9.84. The zero-order chi connectivity index (χ0) is 20.2. The first-order valence-corrected chi connectivity index (χ1v) is 21.7. The van der Waals surface area contributed by atoms with Crippen LogP contribution in [0.25, 0.3) is 0 Å². The van der Waals surface area contributed by atoms with Crippen molar-refractivity contribution in [2.24, 2.45) is 22.7 Å². The van der Waals surface area contributed by atoms with E-state index in [4.69, 9.17) is 0 Å². The molecule has 0 bridgehead atoms. The van der Waals surface area contributed by atoms with E-state index in [1.54, 1.807) is 22.3 Å². The maximum absolute atomic E-state index is 2.61. The Hall–Kier alpha value is 0.627. The monoisotopic (exact) mass is 606 g/mol. The molecule has 0 heterocycles. The molecule has 0 aromatic heterocycles. The molecule has 2 rings (SSSR count). The van der Waals surface area contributed by atoms with Crippen molar-refractivity contribution in [3.63, 3.8) is 0 Å². The average molecular weight is 606 g/mol. The predicted molar refractivity (Wildman–Crippen MR) is 116 cm³/mol. The minimum atomic E-state index is -2.04. The molecular formula is C24H40Cl2HfSi. The van der Waals surface area contributed by atoms with Crippen molar-refractivity contribution in [3.8, 4) is 0 Å². The number of allylic oxidation sites excluding steroid dienone is 8. The van der Waals surface area contributed by atoms with Crippen molar-refractivity contribution in [1.82, 2.24) is 0 Å². The van der Waals surface area contributed by atoms with Gasteiger partial charge in [0.1, 0.15) is 0 Å². The fraction of sp³-hybridized carbons (Fsp3) is 0.667. The Morgan fingerprint density at radius 1 is 0.714 bits per heavy atom. The van der Waals surface area contributed by atoms with Gasteiger partial charge in [-0.25, -0.2) is 0 Å². The molecule has 0 fully saturated rings. The van der Waals surface area contributed by atoms with Crippen LogP contribution in [0.15, 0.2) is 41.1 Å². The van der Waals surface area contributed by atoms with E-state index in [0.717, 1.165) is 0 Å². The Morgan fingerprint density at radius 3 is 1.18 bits per heavy atom. The minimum absolute atomic E-state index is 0. The van der Waals surface area contributed by atoms with Gasteiger partial charge in [-0.1, -0.05) is 0 Å². The third kappa shape index (κ3) is 5.45. The summed E-state index contributed by atoms with van der Waals surface area (Å²) >= 11 is -2.04. The third-order valence-corrected chi connectivity index (χ3v) is 32.0. The summed E-state index contributed by atoms with van der Waals surface area (Å²) in [7, 11) is 0. The van der Waals surface area contributed by atoms with Gasteiger partial charge in [0.2, 0.25) is 0 Å². The normalized spacial score (nSPS) is 22.2. The summed E-state index contributed by atoms with van der Waals surface area (Å²) in [6, 6.07) is 0. The molecule has 2 unspecified atom stereocenters. The van der Waals surface area contributed by atoms with E-state index in [0.29, 0.717) is 11.8 Å². The second-order valence-electron chi connectivity index (χ2n) is 10.7. The van der Waals surface area contributed by atoms with E-state index in [2.05, 4.69) is 94.5 Å². The van der Waals surface area contributed by atoms with Crippen LogP contribution in [0.5, 0.6) is 0 Å². The molecule has 0 saturated carbocycles. The SMILES string of the molecule is CC1=[C]([Hf+2]([C]2=C(C)C(C(C)(C)C)=CC2C)=[Si](C)C)C(C)C=C1C(C)(C)C.[Cl-].[Cl-]. The van der Waals surface area contributed by atoms with Crippen LogP contribution in [0.3, 0.4) is 0 Å². The Balaban J connectivity index is 0.00000364. The average Bonchev–Trinajstić information content (AvgIpc) is 2.90. The first-order valence-electron chi connectivity index (χ1n) is 10.2. The van der Waals surface area contributed by atoms with E-state index in [1.807, 2.05) is 6.66 Å². The zero-order valence-electron chi connectivity index (χ0n) is 20.1. The summed E-state index contributed by atoms with van der Waals surface area (Å²) in [6.45, 7) is 29.3. The molecule has 0 aromatic rings. The predicted octanol–water partition coefficient (Wildman–Crippen LogP) is 1.66. The van der Waals surface area contributed by atoms with Gasteiger partial charge in [0, 0.05) is 0 Å². The smallest absolute Gasteiger partial charge is 1.00 e. The molecular weight excluding hydrogens is 566 g/mol. The summed E-state index contributed by atoms with van der Waals surface area (Å²) in [5.41, 5.74) is 6.86. The van der Waals surface area contributed by atoms with Gasteiger partial charge in [-0.2, -0.15) is 0 Å². The molecule has 2 aliphatic carbocycles. The fourth-order valence-corrected chi connectivity index (χ4v) is 33.1. The molecule has 0 aliphatic heterocycles. The van der Waals surface area contributed by atoms with Crippen molar-refractivity contribution >= 4 is 5.49 Å². The first kappa shape index (κ1) is 28.6. The largest absolute Gasteiger partial charge is 1.00 e. The quantitative estimate of drug-likeness (QED) is 0.420. The Bertz CT molecular complexity index is 716. The van der Waals surface area contributed by atoms with Crippen molar-refractivity contribution in [2.75, 3.05) is 0 Å². The molecule has 158 valence electrons. The Labute approximate surface area is 195 Å². The van der Waals surface area contributed by atoms with E-state index in [-0.39, 0.29) is 41.1 Å². The number of halogens is 2. The number of hydrogen-bond acceptors (Lipinski definition) is 0. The summed E-state index contributed by atoms with van der Waals surface area (Å²) in [6.07, 6.45) is 5.21. The van der Waals surface area contributed by atoms with Crippen molar-refractivity contribution in [3.05, 3.63) is 41.1 Å². The van der Waals surface area contributed by atoms with E-state index >= 15 is 0 Å². The van der Waals surface area contributed by atoms with E-state index in [1.165, 1.54) is 0 Å². The third-order valence-electron chi connectivity index (χ3n) is 6.01. The molecule has 0 spiro atoms. The van der Waals surface area contributed by atoms with Crippen LogP contribution in [0.4, 0.5) is 0 Å². The van der Waals surface area contributed by atoms with E-state index in [9.17, 15) is 0 Å². The molecule has 0 N–H and O–H groups in total. The van der Waals surface area contributed by atoms with Gasteiger partial charge in [0.05, 0.1) is 0 Å². The van der Waals surface area contributed by atoms with Gasteiger partial charge in [0.25, 0.3) is 0 Å². The van der Waals surface area contributed by atoms with Gasteiger partial charge in [-0.05, 0) is 0 Å². The Morgan fingerprint density at radius 2 is 1.00 bits per heavy atom. The topological polar surface area (TPSA) is 0 Å². The summed E-state index contributed by atoms with van der Waals surface area (Å²) in [5, 5.41) is 0. The molecule has 0 aromatic carbocycles. The zero-order valence-corrected chi connectivity index (χ0v) is 26.2. The molecule has 2 aliphatic rings. The van der Waals surface area contributed by atoms with Gasteiger partial charge >= 0.3 is 172 Å². The van der Waals surface area contributed by atoms with Gasteiger partial charge in [-0.15, -0.1) is 0 Å². The summed E-state index contributed by atoms with van der Waals surface area (Å²) in [5.74, 6) is 1.33. The molecule has 2 atom stereocenters. The molecule has 0 saturated heterocycles. The van der Waals surface area contributed by atoms with Gasteiger partial charge < -0.3 is 24.8 Å². The molecule has 0 nitrogen and oxygen atoms in total. The molecule has 4 heteroatoms. The number of hydrogen-bond donors (Lipinski definition) is 0. The summed E-state index contributed by atoms with van der Waals surface area (Å²) in [4.78, 5) is 0. The standard InChI is InChI=1S/2C11H17.C2H6Si.2ClH.Hf/c2*1-8-6-9(2)10(7-8)11(3,4)5;1-3-2;;;/h2*7-8H,1-5H3;1-2H3;2*1H;/q;;;;;+2/p-2. The molecule has 0 radical (unpaired) electrons. The van der Waals surface area contributed by atoms with Gasteiger partial charge in [0.15, 0.2) is 0 Å².